The fraction of sp³-hybridized carbons (Fsp3) is 0.538. The van der Waals surface area contributed by atoms with Gasteiger partial charge in [0.15, 0.2) is 0 Å². The van der Waals surface area contributed by atoms with Crippen molar-refractivity contribution in [3.63, 3.8) is 0 Å². The number of unbranched alkanes of at least 4 members (excludes halogenated alkanes) is 3. The number of rotatable bonds is 8. The Morgan fingerprint density at radius 3 is 2.19 bits per heavy atom. The Balaban J connectivity index is 2.90. The van der Waals surface area contributed by atoms with Crippen LogP contribution in [0.25, 0.3) is 0 Å². The van der Waals surface area contributed by atoms with E-state index < -0.39 is 31.3 Å². The first-order valence-corrected chi connectivity index (χ1v) is 8.07. The summed E-state index contributed by atoms with van der Waals surface area (Å²) in [6.07, 6.45) is 1.55. The van der Waals surface area contributed by atoms with Crippen LogP contribution in [0.5, 0.6) is 0 Å². The molecule has 1 aromatic carbocycles. The molecule has 118 valence electrons. The largest absolute Gasteiger partial charge is 0.350 e. The molecule has 0 bridgehead atoms. The monoisotopic (exact) mass is 321 g/mol. The topological polar surface area (TPSA) is 77.3 Å². The lowest BCUT2D eigenvalue weighted by Gasteiger charge is -2.16. The van der Waals surface area contributed by atoms with E-state index in [1.165, 1.54) is 0 Å². The minimum atomic E-state index is -4.82. The van der Waals surface area contributed by atoms with Crippen LogP contribution in [0.4, 0.5) is 14.5 Å². The Bertz CT molecular complexity index is 585. The molecule has 1 aromatic rings. The van der Waals surface area contributed by atoms with E-state index >= 15 is 0 Å². The smallest absolute Gasteiger partial charge is 0.258 e. The summed E-state index contributed by atoms with van der Waals surface area (Å²) in [5, 5.41) is 6.61. The van der Waals surface area contributed by atoms with Gasteiger partial charge in [0.2, 0.25) is 9.84 Å². The van der Waals surface area contributed by atoms with Crippen molar-refractivity contribution in [2.24, 2.45) is 0 Å². The molecule has 0 saturated carbocycles. The average Bonchev–Trinajstić information content (AvgIpc) is 2.43. The lowest BCUT2D eigenvalue weighted by molar-refractivity contribution is -0.384. The van der Waals surface area contributed by atoms with E-state index in [2.05, 4.69) is 0 Å². The highest BCUT2D eigenvalue weighted by molar-refractivity contribution is 7.92. The second-order valence-corrected chi connectivity index (χ2v) is 6.78. The number of nitro groups is 1. The molecule has 0 radical (unpaired) electrons. The third-order valence-corrected chi connectivity index (χ3v) is 4.96. The molecule has 0 unspecified atom stereocenters. The molecule has 0 aromatic heterocycles. The minimum Gasteiger partial charge on any atom is -0.258 e. The van der Waals surface area contributed by atoms with Crippen molar-refractivity contribution in [1.29, 1.82) is 0 Å². The first-order valence-electron chi connectivity index (χ1n) is 6.59. The van der Waals surface area contributed by atoms with Gasteiger partial charge in [0.05, 0.1) is 9.82 Å². The maximum Gasteiger partial charge on any atom is 0.350 e. The van der Waals surface area contributed by atoms with E-state index in [4.69, 9.17) is 0 Å². The van der Waals surface area contributed by atoms with Crippen LogP contribution >= 0.6 is 0 Å². The number of halogens is 2. The molecule has 1 rings (SSSR count). The van der Waals surface area contributed by atoms with Gasteiger partial charge < -0.3 is 0 Å². The van der Waals surface area contributed by atoms with Gasteiger partial charge in [-0.1, -0.05) is 26.2 Å². The van der Waals surface area contributed by atoms with Crippen LogP contribution < -0.4 is 0 Å². The van der Waals surface area contributed by atoms with Crippen LogP contribution in [0.3, 0.4) is 0 Å². The molecule has 0 heterocycles. The van der Waals surface area contributed by atoms with E-state index in [1.807, 2.05) is 6.92 Å². The normalized spacial score (nSPS) is 12.3. The summed E-state index contributed by atoms with van der Waals surface area (Å²) in [6, 6.07) is 3.49. The van der Waals surface area contributed by atoms with Gasteiger partial charge in [-0.15, -0.1) is 0 Å². The number of nitro benzene ring substituents is 1. The van der Waals surface area contributed by atoms with Gasteiger partial charge in [0, 0.05) is 18.6 Å². The summed E-state index contributed by atoms with van der Waals surface area (Å²) >= 11 is 0. The SMILES string of the molecule is CCCCCCC(F)(F)S(=O)(=O)c1ccc([N+](=O)[O-])cc1. The van der Waals surface area contributed by atoms with E-state index in [1.54, 1.807) is 0 Å². The number of hydrogen-bond donors (Lipinski definition) is 0. The van der Waals surface area contributed by atoms with E-state index in [-0.39, 0.29) is 12.1 Å². The maximum absolute atomic E-state index is 13.9. The van der Waals surface area contributed by atoms with E-state index in [0.29, 0.717) is 6.42 Å². The van der Waals surface area contributed by atoms with Crippen molar-refractivity contribution in [3.05, 3.63) is 34.4 Å². The lowest BCUT2D eigenvalue weighted by Crippen LogP contribution is -2.28. The fourth-order valence-electron chi connectivity index (χ4n) is 1.81. The summed E-state index contributed by atoms with van der Waals surface area (Å²) in [5.41, 5.74) is -0.347. The van der Waals surface area contributed by atoms with Crippen molar-refractivity contribution < 1.29 is 22.1 Å². The molecule has 21 heavy (non-hydrogen) atoms. The second kappa shape index (κ2) is 6.93. The quantitative estimate of drug-likeness (QED) is 0.413. The van der Waals surface area contributed by atoms with Gasteiger partial charge in [0.1, 0.15) is 0 Å². The van der Waals surface area contributed by atoms with Gasteiger partial charge in [-0.25, -0.2) is 8.42 Å². The molecule has 0 aliphatic rings. The number of benzene rings is 1. The molecule has 0 N–H and O–H groups in total. The van der Waals surface area contributed by atoms with E-state index in [9.17, 15) is 27.3 Å². The lowest BCUT2D eigenvalue weighted by atomic mass is 10.2. The zero-order valence-electron chi connectivity index (χ0n) is 11.6. The van der Waals surface area contributed by atoms with Crippen molar-refractivity contribution in [1.82, 2.24) is 0 Å². The van der Waals surface area contributed by atoms with Crippen LogP contribution in [-0.4, -0.2) is 18.6 Å². The number of sulfone groups is 1. The summed E-state index contributed by atoms with van der Waals surface area (Å²) in [7, 11) is -4.82. The Morgan fingerprint density at radius 1 is 1.14 bits per heavy atom. The molecular weight excluding hydrogens is 304 g/mol. The third-order valence-electron chi connectivity index (χ3n) is 3.07. The van der Waals surface area contributed by atoms with Crippen LogP contribution in [0.1, 0.15) is 39.0 Å². The van der Waals surface area contributed by atoms with E-state index in [0.717, 1.165) is 37.1 Å². The number of non-ortho nitro benzene ring substituents is 1. The third kappa shape index (κ3) is 4.20. The summed E-state index contributed by atoms with van der Waals surface area (Å²) in [6.45, 7) is 1.92. The van der Waals surface area contributed by atoms with Crippen molar-refractivity contribution >= 4 is 15.5 Å². The fourth-order valence-corrected chi connectivity index (χ4v) is 3.06. The summed E-state index contributed by atoms with van der Waals surface area (Å²) in [5.74, 6) is 0. The van der Waals surface area contributed by atoms with Gasteiger partial charge in [-0.05, 0) is 18.6 Å². The Morgan fingerprint density at radius 2 is 1.71 bits per heavy atom. The zero-order chi connectivity index (χ0) is 16.1. The molecular formula is C13H17F2NO4S. The minimum absolute atomic E-state index is 0.118. The van der Waals surface area contributed by atoms with Crippen molar-refractivity contribution in [2.45, 2.75) is 49.2 Å². The van der Waals surface area contributed by atoms with Crippen molar-refractivity contribution in [3.8, 4) is 0 Å². The molecule has 0 aliphatic heterocycles. The molecule has 5 nitrogen and oxygen atoms in total. The number of hydrogen-bond acceptors (Lipinski definition) is 4. The highest BCUT2D eigenvalue weighted by atomic mass is 32.2. The van der Waals surface area contributed by atoms with Crippen LogP contribution in [0, 0.1) is 10.1 Å². The van der Waals surface area contributed by atoms with Gasteiger partial charge in [-0.2, -0.15) is 8.78 Å². The molecule has 0 fully saturated rings. The van der Waals surface area contributed by atoms with Crippen LogP contribution in [0.2, 0.25) is 0 Å². The zero-order valence-corrected chi connectivity index (χ0v) is 12.4. The first kappa shape index (κ1) is 17.5. The molecule has 0 spiro atoms. The Kier molecular flexibility index (Phi) is 5.77. The van der Waals surface area contributed by atoms with Crippen LogP contribution in [-0.2, 0) is 9.84 Å². The predicted octanol–water partition coefficient (Wildman–Crippen LogP) is 3.93. The first-order chi connectivity index (χ1) is 9.72. The predicted molar refractivity (Wildman–Crippen MR) is 74.0 cm³/mol. The molecule has 0 atom stereocenters. The highest BCUT2D eigenvalue weighted by Gasteiger charge is 2.45. The van der Waals surface area contributed by atoms with Gasteiger partial charge >= 0.3 is 5.25 Å². The van der Waals surface area contributed by atoms with Gasteiger partial charge in [-0.3, -0.25) is 10.1 Å². The highest BCUT2D eigenvalue weighted by Crippen LogP contribution is 2.34. The molecule has 0 amide bonds. The Labute approximate surface area is 122 Å². The van der Waals surface area contributed by atoms with Gasteiger partial charge in [0.25, 0.3) is 5.69 Å². The average molecular weight is 321 g/mol. The summed E-state index contributed by atoms with van der Waals surface area (Å²) < 4.78 is 51.5. The maximum atomic E-state index is 13.9. The standard InChI is InChI=1S/C13H17F2NO4S/c1-2-3-4-5-10-13(14,15)21(19,20)12-8-6-11(7-9-12)16(17)18/h6-9H,2-5,10H2,1H3. The van der Waals surface area contributed by atoms with Crippen molar-refractivity contribution in [2.75, 3.05) is 0 Å². The molecule has 8 heteroatoms. The van der Waals surface area contributed by atoms with Crippen LogP contribution in [0.15, 0.2) is 29.2 Å². The molecule has 0 aliphatic carbocycles. The number of alkyl halides is 2. The second-order valence-electron chi connectivity index (χ2n) is 4.70. The summed E-state index contributed by atoms with van der Waals surface area (Å²) in [4.78, 5) is 9.14. The number of nitrogens with zero attached hydrogens (tertiary/aromatic N) is 1. The molecule has 0 saturated heterocycles. The Hall–Kier alpha value is -1.57.